The second kappa shape index (κ2) is 6.13. The number of anilines is 2. The molecule has 5 nitrogen and oxygen atoms in total. The summed E-state index contributed by atoms with van der Waals surface area (Å²) in [5.74, 6) is -0.0207. The zero-order valence-electron chi connectivity index (χ0n) is 12.3. The molecule has 0 bridgehead atoms. The highest BCUT2D eigenvalue weighted by Gasteiger charge is 2.21. The number of hydrogen-bond donors (Lipinski definition) is 2. The normalized spacial score (nSPS) is 22.4. The van der Waals surface area contributed by atoms with Crippen molar-refractivity contribution in [2.75, 3.05) is 31.8 Å². The van der Waals surface area contributed by atoms with Gasteiger partial charge in [-0.15, -0.1) is 0 Å². The molecule has 110 valence electrons. The molecule has 1 saturated heterocycles. The van der Waals surface area contributed by atoms with E-state index in [2.05, 4.69) is 12.2 Å². The number of nitrogens with zero attached hydrogens (tertiary/aromatic N) is 1. The van der Waals surface area contributed by atoms with Gasteiger partial charge in [0, 0.05) is 38.1 Å². The first-order valence-electron chi connectivity index (χ1n) is 6.96. The molecule has 2 atom stereocenters. The molecular formula is C15H23N3O2. The Hall–Kier alpha value is -1.75. The Bertz CT molecular complexity index is 488. The van der Waals surface area contributed by atoms with Crippen molar-refractivity contribution in [3.05, 3.63) is 23.8 Å². The van der Waals surface area contributed by atoms with E-state index in [1.54, 1.807) is 31.1 Å². The SMILES string of the molecule is CC1CC(Nc2cc(N)ccc2C(=O)N(C)C)CCO1. The Labute approximate surface area is 120 Å². The first-order valence-corrected chi connectivity index (χ1v) is 6.96. The molecule has 2 unspecified atom stereocenters. The average Bonchev–Trinajstić information content (AvgIpc) is 2.38. The zero-order chi connectivity index (χ0) is 14.7. The van der Waals surface area contributed by atoms with Gasteiger partial charge in [-0.1, -0.05) is 0 Å². The van der Waals surface area contributed by atoms with E-state index in [0.717, 1.165) is 25.1 Å². The van der Waals surface area contributed by atoms with Crippen LogP contribution in [-0.4, -0.2) is 43.7 Å². The van der Waals surface area contributed by atoms with Crippen molar-refractivity contribution in [2.45, 2.75) is 31.9 Å². The Morgan fingerprint density at radius 1 is 1.45 bits per heavy atom. The van der Waals surface area contributed by atoms with Crippen molar-refractivity contribution in [1.82, 2.24) is 4.90 Å². The van der Waals surface area contributed by atoms with Crippen LogP contribution in [0.25, 0.3) is 0 Å². The summed E-state index contributed by atoms with van der Waals surface area (Å²) in [5.41, 5.74) is 7.97. The number of benzene rings is 1. The lowest BCUT2D eigenvalue weighted by Crippen LogP contribution is -2.33. The molecule has 1 heterocycles. The van der Waals surface area contributed by atoms with Crippen LogP contribution < -0.4 is 11.1 Å². The standard InChI is InChI=1S/C15H23N3O2/c1-10-8-12(6-7-20-10)17-14-9-11(16)4-5-13(14)15(19)18(2)3/h4-5,9-10,12,17H,6-8,16H2,1-3H3. The number of rotatable bonds is 3. The lowest BCUT2D eigenvalue weighted by atomic mass is 10.0. The first kappa shape index (κ1) is 14.7. The molecule has 1 aliphatic heterocycles. The lowest BCUT2D eigenvalue weighted by molar-refractivity contribution is 0.0232. The van der Waals surface area contributed by atoms with Crippen molar-refractivity contribution in [3.8, 4) is 0 Å². The van der Waals surface area contributed by atoms with Crippen LogP contribution in [0.3, 0.4) is 0 Å². The van der Waals surface area contributed by atoms with Gasteiger partial charge in [0.1, 0.15) is 0 Å². The number of nitrogens with one attached hydrogen (secondary N) is 1. The fraction of sp³-hybridized carbons (Fsp3) is 0.533. The van der Waals surface area contributed by atoms with E-state index >= 15 is 0 Å². The molecule has 1 fully saturated rings. The van der Waals surface area contributed by atoms with Crippen LogP contribution in [0.5, 0.6) is 0 Å². The van der Waals surface area contributed by atoms with Crippen LogP contribution in [-0.2, 0) is 4.74 Å². The maximum atomic E-state index is 12.2. The van der Waals surface area contributed by atoms with Crippen molar-refractivity contribution in [3.63, 3.8) is 0 Å². The molecule has 1 aromatic rings. The third-order valence-electron chi connectivity index (χ3n) is 3.52. The lowest BCUT2D eigenvalue weighted by Gasteiger charge is -2.29. The maximum Gasteiger partial charge on any atom is 0.255 e. The van der Waals surface area contributed by atoms with E-state index in [-0.39, 0.29) is 12.0 Å². The number of ether oxygens (including phenoxy) is 1. The van der Waals surface area contributed by atoms with Crippen molar-refractivity contribution >= 4 is 17.3 Å². The van der Waals surface area contributed by atoms with Crippen molar-refractivity contribution in [2.24, 2.45) is 0 Å². The minimum absolute atomic E-state index is 0.0207. The fourth-order valence-corrected chi connectivity index (χ4v) is 2.46. The van der Waals surface area contributed by atoms with Gasteiger partial charge >= 0.3 is 0 Å². The summed E-state index contributed by atoms with van der Waals surface area (Å²) in [6.07, 6.45) is 2.12. The summed E-state index contributed by atoms with van der Waals surface area (Å²) in [6, 6.07) is 5.68. The summed E-state index contributed by atoms with van der Waals surface area (Å²) >= 11 is 0. The topological polar surface area (TPSA) is 67.6 Å². The number of hydrogen-bond acceptors (Lipinski definition) is 4. The van der Waals surface area contributed by atoms with E-state index in [1.807, 2.05) is 6.07 Å². The first-order chi connectivity index (χ1) is 9.47. The van der Waals surface area contributed by atoms with E-state index in [1.165, 1.54) is 0 Å². The molecule has 20 heavy (non-hydrogen) atoms. The van der Waals surface area contributed by atoms with Gasteiger partial charge in [0.2, 0.25) is 0 Å². The minimum Gasteiger partial charge on any atom is -0.399 e. The molecule has 1 aromatic carbocycles. The number of carbonyl (C=O) groups is 1. The molecule has 0 aliphatic carbocycles. The van der Waals surface area contributed by atoms with Crippen LogP contribution in [0.2, 0.25) is 0 Å². The molecule has 0 radical (unpaired) electrons. The van der Waals surface area contributed by atoms with Gasteiger partial charge in [-0.25, -0.2) is 0 Å². The molecule has 3 N–H and O–H groups in total. The molecular weight excluding hydrogens is 254 g/mol. The van der Waals surface area contributed by atoms with Gasteiger partial charge in [0.15, 0.2) is 0 Å². The average molecular weight is 277 g/mol. The van der Waals surface area contributed by atoms with Gasteiger partial charge in [0.25, 0.3) is 5.91 Å². The highest BCUT2D eigenvalue weighted by Crippen LogP contribution is 2.24. The van der Waals surface area contributed by atoms with E-state index < -0.39 is 0 Å². The maximum absolute atomic E-state index is 12.2. The smallest absolute Gasteiger partial charge is 0.255 e. The molecule has 0 spiro atoms. The second-order valence-corrected chi connectivity index (χ2v) is 5.55. The molecule has 1 amide bonds. The van der Waals surface area contributed by atoms with E-state index in [9.17, 15) is 4.79 Å². The van der Waals surface area contributed by atoms with Crippen LogP contribution >= 0.6 is 0 Å². The predicted octanol–water partition coefficient (Wildman–Crippen LogP) is 1.95. The monoisotopic (exact) mass is 277 g/mol. The summed E-state index contributed by atoms with van der Waals surface area (Å²) in [6.45, 7) is 2.82. The predicted molar refractivity (Wildman–Crippen MR) is 80.9 cm³/mol. The fourth-order valence-electron chi connectivity index (χ4n) is 2.46. The number of carbonyl (C=O) groups excluding carboxylic acids is 1. The Balaban J connectivity index is 2.21. The summed E-state index contributed by atoms with van der Waals surface area (Å²) < 4.78 is 5.55. The van der Waals surface area contributed by atoms with Gasteiger partial charge in [-0.05, 0) is 38.0 Å². The number of nitrogen functional groups attached to an aromatic ring is 1. The quantitative estimate of drug-likeness (QED) is 0.829. The molecule has 0 saturated carbocycles. The highest BCUT2D eigenvalue weighted by molar-refractivity contribution is 6.00. The van der Waals surface area contributed by atoms with Crippen LogP contribution in [0.15, 0.2) is 18.2 Å². The third-order valence-corrected chi connectivity index (χ3v) is 3.52. The van der Waals surface area contributed by atoms with Crippen LogP contribution in [0.1, 0.15) is 30.1 Å². The van der Waals surface area contributed by atoms with Crippen LogP contribution in [0.4, 0.5) is 11.4 Å². The van der Waals surface area contributed by atoms with Gasteiger partial charge in [-0.3, -0.25) is 4.79 Å². The molecule has 2 rings (SSSR count). The minimum atomic E-state index is -0.0207. The van der Waals surface area contributed by atoms with Crippen LogP contribution in [0, 0.1) is 0 Å². The highest BCUT2D eigenvalue weighted by atomic mass is 16.5. The second-order valence-electron chi connectivity index (χ2n) is 5.55. The largest absolute Gasteiger partial charge is 0.399 e. The van der Waals surface area contributed by atoms with Gasteiger partial charge < -0.3 is 20.7 Å². The van der Waals surface area contributed by atoms with E-state index in [4.69, 9.17) is 10.5 Å². The van der Waals surface area contributed by atoms with Crippen molar-refractivity contribution in [1.29, 1.82) is 0 Å². The molecule has 5 heteroatoms. The Morgan fingerprint density at radius 3 is 2.85 bits per heavy atom. The Morgan fingerprint density at radius 2 is 2.20 bits per heavy atom. The zero-order valence-corrected chi connectivity index (χ0v) is 12.3. The number of amides is 1. The summed E-state index contributed by atoms with van der Waals surface area (Å²) in [7, 11) is 3.50. The van der Waals surface area contributed by atoms with Crippen molar-refractivity contribution < 1.29 is 9.53 Å². The molecule has 1 aliphatic rings. The summed E-state index contributed by atoms with van der Waals surface area (Å²) in [4.78, 5) is 13.8. The Kier molecular flexibility index (Phi) is 4.49. The van der Waals surface area contributed by atoms with Gasteiger partial charge in [0.05, 0.1) is 11.7 Å². The molecule has 0 aromatic heterocycles. The van der Waals surface area contributed by atoms with E-state index in [0.29, 0.717) is 17.3 Å². The number of nitrogens with two attached hydrogens (primary N) is 1. The summed E-state index contributed by atoms with van der Waals surface area (Å²) in [5, 5.41) is 3.45. The third kappa shape index (κ3) is 3.42. The van der Waals surface area contributed by atoms with Gasteiger partial charge in [-0.2, -0.15) is 0 Å².